The number of piperazine rings is 1. The first-order valence-electron chi connectivity index (χ1n) is 20.1. The van der Waals surface area contributed by atoms with Crippen LogP contribution < -0.4 is 35.6 Å². The lowest BCUT2D eigenvalue weighted by Crippen LogP contribution is -2.59. The second kappa shape index (κ2) is 13.4. The van der Waals surface area contributed by atoms with Crippen LogP contribution in [0.3, 0.4) is 0 Å². The third-order valence-electron chi connectivity index (χ3n) is 13.3. The van der Waals surface area contributed by atoms with E-state index < -0.39 is 12.6 Å². The van der Waals surface area contributed by atoms with Crippen LogP contribution in [0.1, 0.15) is 61.5 Å². The molecule has 1 aliphatic carbocycles. The summed E-state index contributed by atoms with van der Waals surface area (Å²) in [6.45, 7) is 8.96. The van der Waals surface area contributed by atoms with Crippen molar-refractivity contribution in [3.63, 3.8) is 0 Å². The summed E-state index contributed by atoms with van der Waals surface area (Å²) in [4.78, 5) is 42.1. The Morgan fingerprint density at radius 2 is 1.78 bits per heavy atom. The molecule has 14 heteroatoms. The number of nitrogens with one attached hydrogen (secondary N) is 3. The summed E-state index contributed by atoms with van der Waals surface area (Å²) >= 11 is 1.55. The number of thiophene rings is 1. The molecule has 1 saturated carbocycles. The maximum atomic E-state index is 12.9. The van der Waals surface area contributed by atoms with Crippen molar-refractivity contribution in [1.82, 2.24) is 20.5 Å². The van der Waals surface area contributed by atoms with Crippen LogP contribution in [0.2, 0.25) is 0 Å². The molecular formula is C41H51N9O4S. The molecule has 7 heterocycles. The van der Waals surface area contributed by atoms with Gasteiger partial charge in [0.1, 0.15) is 16.9 Å². The molecule has 55 heavy (non-hydrogen) atoms. The van der Waals surface area contributed by atoms with Crippen LogP contribution in [0.5, 0.6) is 0 Å². The molecule has 4 aromatic rings. The summed E-state index contributed by atoms with van der Waals surface area (Å²) in [7, 11) is 1.88. The topological polar surface area (TPSA) is 140 Å². The molecule has 5 aliphatic heterocycles. The molecule has 2 aromatic carbocycles. The fourth-order valence-corrected chi connectivity index (χ4v) is 11.0. The Labute approximate surface area is 325 Å². The number of benzene rings is 2. The number of pyridine rings is 1. The van der Waals surface area contributed by atoms with Crippen LogP contribution >= 0.6 is 11.3 Å². The van der Waals surface area contributed by atoms with Crippen LogP contribution in [0.25, 0.3) is 21.0 Å². The second-order valence-corrected chi connectivity index (χ2v) is 17.8. The Balaban J connectivity index is 0.758. The third kappa shape index (κ3) is 6.03. The van der Waals surface area contributed by atoms with Gasteiger partial charge in [-0.2, -0.15) is 0 Å². The SMILES string of the molecule is C[C@@H]1CNc2c(sc3ccc4nc(N5CCN(CCC6CCN(c7ccc8c(c7)N(C)C(O)N8C7CCC(=O)NC7O)CC6)C6(CC6)C5)ccc4c23)C(=O)N1. The van der Waals surface area contributed by atoms with Crippen LogP contribution in [-0.4, -0.2) is 115 Å². The van der Waals surface area contributed by atoms with Crippen molar-refractivity contribution in [2.24, 2.45) is 5.92 Å². The second-order valence-electron chi connectivity index (χ2n) is 16.7. The standard InChI is InChI=1S/C41H51N9O4S/c1-24-22-42-36-35-27-4-9-33(44-28(27)5-8-32(35)55-37(36)39(53)43-24)48-19-20-49(41(23-48)14-15-41)18-13-25-11-16-47(17-12-25)26-3-6-29-31(21-26)46(2)40(54)50(29)30-7-10-34(51)45-38(30)52/h3-6,8-9,21,24-25,30,38,40,42,52,54H,7,10-20,22-23H2,1-2H3,(H,43,53)(H,45,51)/t24-,30?,38?,40?/m1/s1. The van der Waals surface area contributed by atoms with E-state index in [2.05, 4.69) is 73.1 Å². The van der Waals surface area contributed by atoms with Crippen molar-refractivity contribution in [3.8, 4) is 0 Å². The van der Waals surface area contributed by atoms with Gasteiger partial charge in [0.15, 0.2) is 0 Å². The average Bonchev–Trinajstić information content (AvgIpc) is 3.81. The summed E-state index contributed by atoms with van der Waals surface area (Å²) in [6, 6.07) is 14.7. The Hall–Kier alpha value is -4.37. The number of carbonyl (C=O) groups excluding carboxylic acids is 2. The minimum atomic E-state index is -1.02. The van der Waals surface area contributed by atoms with E-state index in [0.717, 1.165) is 88.0 Å². The van der Waals surface area contributed by atoms with E-state index in [-0.39, 0.29) is 29.4 Å². The number of hydrogen-bond acceptors (Lipinski definition) is 12. The van der Waals surface area contributed by atoms with E-state index in [1.807, 2.05) is 23.8 Å². The number of amides is 2. The zero-order valence-electron chi connectivity index (χ0n) is 31.6. The first kappa shape index (κ1) is 35.1. The average molecular weight is 766 g/mol. The van der Waals surface area contributed by atoms with E-state index >= 15 is 0 Å². The molecule has 6 aliphatic rings. The van der Waals surface area contributed by atoms with Gasteiger partial charge in [0.05, 0.1) is 28.6 Å². The number of aliphatic hydroxyl groups is 2. The number of rotatable bonds is 6. The number of fused-ring (bicyclic) bond motifs is 6. The summed E-state index contributed by atoms with van der Waals surface area (Å²) in [6.07, 6.45) is 4.97. The molecule has 0 bridgehead atoms. The van der Waals surface area contributed by atoms with E-state index in [1.54, 1.807) is 11.3 Å². The molecule has 290 valence electrons. The van der Waals surface area contributed by atoms with Gasteiger partial charge >= 0.3 is 0 Å². The molecule has 2 amide bonds. The van der Waals surface area contributed by atoms with E-state index in [1.165, 1.54) is 37.8 Å². The lowest BCUT2D eigenvalue weighted by molar-refractivity contribution is -0.127. The highest BCUT2D eigenvalue weighted by atomic mass is 32.1. The van der Waals surface area contributed by atoms with Gasteiger partial charge in [-0.1, -0.05) is 0 Å². The van der Waals surface area contributed by atoms with E-state index in [0.29, 0.717) is 25.3 Å². The zero-order valence-corrected chi connectivity index (χ0v) is 32.4. The van der Waals surface area contributed by atoms with E-state index in [9.17, 15) is 19.8 Å². The lowest BCUT2D eigenvalue weighted by atomic mass is 9.92. The van der Waals surface area contributed by atoms with Crippen LogP contribution in [0, 0.1) is 5.92 Å². The number of anilines is 5. The monoisotopic (exact) mass is 765 g/mol. The maximum absolute atomic E-state index is 12.9. The van der Waals surface area contributed by atoms with Crippen molar-refractivity contribution in [1.29, 1.82) is 0 Å². The Bertz CT molecular complexity index is 2170. The number of aliphatic hydroxyl groups excluding tert-OH is 2. The van der Waals surface area contributed by atoms with Crippen molar-refractivity contribution in [2.45, 2.75) is 82.1 Å². The molecule has 5 N–H and O–H groups in total. The minimum Gasteiger partial charge on any atom is -0.381 e. The van der Waals surface area contributed by atoms with Crippen LogP contribution in [0.15, 0.2) is 42.5 Å². The van der Waals surface area contributed by atoms with Crippen molar-refractivity contribution in [3.05, 3.63) is 47.3 Å². The number of carbonyl (C=O) groups is 2. The highest BCUT2D eigenvalue weighted by Crippen LogP contribution is 2.47. The summed E-state index contributed by atoms with van der Waals surface area (Å²) < 4.78 is 1.11. The van der Waals surface area contributed by atoms with Crippen LogP contribution in [-0.2, 0) is 4.79 Å². The minimum absolute atomic E-state index is 0.000148. The van der Waals surface area contributed by atoms with Gasteiger partial charge < -0.3 is 45.8 Å². The van der Waals surface area contributed by atoms with Crippen molar-refractivity contribution >= 4 is 72.7 Å². The van der Waals surface area contributed by atoms with Gasteiger partial charge in [-0.3, -0.25) is 14.5 Å². The fraction of sp³-hybridized carbons (Fsp3) is 0.537. The number of aromatic nitrogens is 1. The molecule has 0 radical (unpaired) electrons. The van der Waals surface area contributed by atoms with Gasteiger partial charge in [-0.05, 0) is 100 Å². The zero-order chi connectivity index (χ0) is 37.6. The molecule has 4 atom stereocenters. The molecule has 1 spiro atoms. The maximum Gasteiger partial charge on any atom is 0.263 e. The first-order chi connectivity index (χ1) is 26.7. The highest BCUT2D eigenvalue weighted by molar-refractivity contribution is 7.21. The quantitative estimate of drug-likeness (QED) is 0.194. The molecule has 10 rings (SSSR count). The summed E-state index contributed by atoms with van der Waals surface area (Å²) in [5.41, 5.74) is 5.17. The predicted octanol–water partition coefficient (Wildman–Crippen LogP) is 4.08. The van der Waals surface area contributed by atoms with Gasteiger partial charge in [-0.25, -0.2) is 4.98 Å². The van der Waals surface area contributed by atoms with Gasteiger partial charge in [0, 0.05) is 85.5 Å². The Kier molecular flexibility index (Phi) is 8.54. The van der Waals surface area contributed by atoms with Crippen LogP contribution in [0.4, 0.5) is 28.6 Å². The molecule has 3 unspecified atom stereocenters. The van der Waals surface area contributed by atoms with Crippen molar-refractivity contribution < 1.29 is 19.8 Å². The summed E-state index contributed by atoms with van der Waals surface area (Å²) in [5, 5.41) is 33.2. The first-order valence-corrected chi connectivity index (χ1v) is 20.9. The number of piperidine rings is 2. The Morgan fingerprint density at radius 1 is 0.945 bits per heavy atom. The highest BCUT2D eigenvalue weighted by Gasteiger charge is 2.51. The smallest absolute Gasteiger partial charge is 0.263 e. The van der Waals surface area contributed by atoms with E-state index in [4.69, 9.17) is 4.98 Å². The van der Waals surface area contributed by atoms with Gasteiger partial charge in [-0.15, -0.1) is 11.3 Å². The number of hydrogen-bond donors (Lipinski definition) is 5. The van der Waals surface area contributed by atoms with Crippen molar-refractivity contribution in [2.75, 3.05) is 77.8 Å². The molecule has 2 aromatic heterocycles. The molecule has 13 nitrogen and oxygen atoms in total. The normalized spacial score (nSPS) is 26.9. The predicted molar refractivity (Wildman–Crippen MR) is 218 cm³/mol. The molecule has 3 saturated heterocycles. The third-order valence-corrected chi connectivity index (χ3v) is 14.5. The number of nitrogens with zero attached hydrogens (tertiary/aromatic N) is 6. The lowest BCUT2D eigenvalue weighted by Gasteiger charge is -2.43. The van der Waals surface area contributed by atoms with Gasteiger partial charge in [0.25, 0.3) is 5.91 Å². The molecule has 4 fully saturated rings. The molecular weight excluding hydrogens is 715 g/mol. The summed E-state index contributed by atoms with van der Waals surface area (Å²) in [5.74, 6) is 1.60. The fourth-order valence-electron chi connectivity index (χ4n) is 9.94. The largest absolute Gasteiger partial charge is 0.381 e. The van der Waals surface area contributed by atoms with Gasteiger partial charge in [0.2, 0.25) is 12.3 Å². The Morgan fingerprint density at radius 3 is 2.58 bits per heavy atom.